The van der Waals surface area contributed by atoms with E-state index >= 15 is 0 Å². The number of rotatable bonds is 0. The zero-order chi connectivity index (χ0) is 11.1. The Hall–Kier alpha value is -1.42. The molecule has 0 unspecified atom stereocenters. The fourth-order valence-corrected chi connectivity index (χ4v) is 0.449. The Morgan fingerprint density at radius 3 is 1.79 bits per heavy atom. The van der Waals surface area contributed by atoms with Gasteiger partial charge in [0.2, 0.25) is 0 Å². The molecule has 5 nitrogen and oxygen atoms in total. The third-order valence-corrected chi connectivity index (χ3v) is 0.792. The summed E-state index contributed by atoms with van der Waals surface area (Å²) in [6.07, 6.45) is 7.25. The quantitative estimate of drug-likeness (QED) is 0.462. The average molecular weight is 228 g/mol. The average Bonchev–Trinajstić information content (AvgIpc) is 2.79. The minimum atomic E-state index is 0. The van der Waals surface area contributed by atoms with Crippen LogP contribution in [0, 0.1) is 36.0 Å². The van der Waals surface area contributed by atoms with Crippen molar-refractivity contribution < 1.29 is 26.7 Å². The summed E-state index contributed by atoms with van der Waals surface area (Å²) in [6, 6.07) is 2.01. The summed E-state index contributed by atoms with van der Waals surface area (Å²) in [5.74, 6) is 0. The second-order valence-electron chi connectivity index (χ2n) is 1.29. The van der Waals surface area contributed by atoms with Gasteiger partial charge >= 0.3 is 22.6 Å². The van der Waals surface area contributed by atoms with Crippen LogP contribution in [0.1, 0.15) is 0 Å². The first-order valence-corrected chi connectivity index (χ1v) is 2.64. The molecule has 0 fully saturated rings. The molecule has 0 aromatic rings. The van der Waals surface area contributed by atoms with Crippen molar-refractivity contribution in [3.05, 3.63) is 54.0 Å². The van der Waals surface area contributed by atoms with Crippen molar-refractivity contribution in [2.24, 2.45) is 0 Å². The standard InChI is InChI=1S/C6H4N.2CO.Cr.NO/c7-5-6-3-1-2-4-6;2*1-2;;1-2/h1-4H;;;;/q;;;;-1. The van der Waals surface area contributed by atoms with Crippen LogP contribution in [-0.2, 0) is 26.7 Å². The van der Waals surface area contributed by atoms with Gasteiger partial charge in [0.25, 0.3) is 0 Å². The monoisotopic (exact) mass is 228 g/mol. The Morgan fingerprint density at radius 2 is 1.64 bits per heavy atom. The van der Waals surface area contributed by atoms with E-state index in [2.05, 4.69) is 13.3 Å². The molecular weight excluding hydrogens is 224 g/mol. The molecule has 1 aliphatic carbocycles. The molecule has 0 heterocycles. The van der Waals surface area contributed by atoms with Crippen molar-refractivity contribution in [1.29, 1.82) is 5.26 Å². The zero-order valence-corrected chi connectivity index (χ0v) is 8.11. The summed E-state index contributed by atoms with van der Waals surface area (Å²) in [7, 11) is 0. The van der Waals surface area contributed by atoms with E-state index in [1.165, 1.54) is 0 Å². The van der Waals surface area contributed by atoms with Gasteiger partial charge in [-0.3, -0.25) is 0 Å². The van der Waals surface area contributed by atoms with E-state index in [4.69, 9.17) is 25.1 Å². The van der Waals surface area contributed by atoms with Gasteiger partial charge in [-0.05, 0) is 6.08 Å². The molecule has 0 saturated carbocycles. The Labute approximate surface area is 92.4 Å². The van der Waals surface area contributed by atoms with Crippen LogP contribution >= 0.6 is 0 Å². The molecule has 1 rings (SSSR count). The molecule has 0 aromatic carbocycles. The summed E-state index contributed by atoms with van der Waals surface area (Å²) in [5, 5.41) is 8.18. The predicted molar refractivity (Wildman–Crippen MR) is 41.7 cm³/mol. The molecule has 0 aromatic heterocycles. The van der Waals surface area contributed by atoms with Crippen LogP contribution in [0.4, 0.5) is 0 Å². The normalized spacial score (nSPS) is 8.64. The van der Waals surface area contributed by atoms with Crippen molar-refractivity contribution in [2.75, 3.05) is 0 Å². The third-order valence-electron chi connectivity index (χ3n) is 0.792. The minimum Gasteiger partial charge on any atom is -0.577 e. The maximum Gasteiger partial charge on any atom is 0 e. The van der Waals surface area contributed by atoms with Gasteiger partial charge in [-0.2, -0.15) is 5.26 Å². The Bertz CT molecular complexity index is 244. The van der Waals surface area contributed by atoms with Crippen molar-refractivity contribution in [2.45, 2.75) is 0 Å². The van der Waals surface area contributed by atoms with E-state index in [1.54, 1.807) is 12.5 Å². The largest absolute Gasteiger partial charge is 0.577 e. The number of allylic oxidation sites excluding steroid dienone is 4. The SMILES string of the molecule is N#CC1=CC=C[CH]1.[C-]#[O+].[C-]#[O+].[Cr].[N-]=O. The van der Waals surface area contributed by atoms with Crippen LogP contribution < -0.4 is 0 Å². The van der Waals surface area contributed by atoms with Crippen molar-refractivity contribution in [3.8, 4) is 6.07 Å². The van der Waals surface area contributed by atoms with Crippen LogP contribution in [0.3, 0.4) is 0 Å². The third kappa shape index (κ3) is 16.9. The molecule has 1 radical (unpaired) electrons. The van der Waals surface area contributed by atoms with Crippen LogP contribution in [0.2, 0.25) is 0 Å². The van der Waals surface area contributed by atoms with Gasteiger partial charge in [0.05, 0.1) is 6.07 Å². The van der Waals surface area contributed by atoms with Gasteiger partial charge in [-0.25, -0.2) is 0 Å². The van der Waals surface area contributed by atoms with Crippen LogP contribution in [0.5, 0.6) is 0 Å². The molecule has 0 N–H and O–H groups in total. The topological polar surface area (TPSA) is 103 Å². The molecule has 0 amide bonds. The molecule has 1 aliphatic rings. The Kier molecular flexibility index (Phi) is 49.0. The fourth-order valence-electron chi connectivity index (χ4n) is 0.449. The van der Waals surface area contributed by atoms with Crippen molar-refractivity contribution in [3.63, 3.8) is 0 Å². The molecule has 71 valence electrons. The maximum absolute atomic E-state index is 8.18. The van der Waals surface area contributed by atoms with E-state index in [-0.39, 0.29) is 17.4 Å². The molecule has 14 heavy (non-hydrogen) atoms. The van der Waals surface area contributed by atoms with Gasteiger partial charge in [0, 0.05) is 29.4 Å². The Balaban J connectivity index is -0.0000000625. The van der Waals surface area contributed by atoms with E-state index in [1.807, 2.05) is 18.2 Å². The summed E-state index contributed by atoms with van der Waals surface area (Å²) in [4.78, 5) is 7.25. The van der Waals surface area contributed by atoms with Crippen molar-refractivity contribution in [1.82, 2.24) is 0 Å². The van der Waals surface area contributed by atoms with Gasteiger partial charge in [-0.15, -0.1) is 0 Å². The second-order valence-corrected chi connectivity index (χ2v) is 1.29. The first-order chi connectivity index (χ1) is 6.43. The van der Waals surface area contributed by atoms with Crippen LogP contribution in [-0.4, -0.2) is 0 Å². The first kappa shape index (κ1) is 22.9. The molecule has 0 spiro atoms. The number of nitriles is 1. The minimum absolute atomic E-state index is 0. The fraction of sp³-hybridized carbons (Fsp3) is 0. The van der Waals surface area contributed by atoms with E-state index in [9.17, 15) is 0 Å². The van der Waals surface area contributed by atoms with Gasteiger partial charge in [-0.1, -0.05) is 12.2 Å². The second kappa shape index (κ2) is 29.9. The van der Waals surface area contributed by atoms with Gasteiger partial charge in [0.15, 0.2) is 0 Å². The summed E-state index contributed by atoms with van der Waals surface area (Å²) in [6.45, 7) is 9.00. The predicted octanol–water partition coefficient (Wildman–Crippen LogP) is 1.46. The number of hydrogen-bond acceptors (Lipinski definition) is 2. The summed E-state index contributed by atoms with van der Waals surface area (Å²) >= 11 is 0. The zero-order valence-electron chi connectivity index (χ0n) is 6.84. The van der Waals surface area contributed by atoms with Crippen molar-refractivity contribution >= 4 is 0 Å². The molecule has 6 heteroatoms. The van der Waals surface area contributed by atoms with Crippen LogP contribution in [0.25, 0.3) is 5.59 Å². The smallest absolute Gasteiger partial charge is 0 e. The number of nitroso groups, excluding NO2 is 1. The summed E-state index contributed by atoms with van der Waals surface area (Å²) in [5.41, 5.74) is 6.49. The molecule has 0 aliphatic heterocycles. The first-order valence-electron chi connectivity index (χ1n) is 2.64. The molecule has 0 saturated heterocycles. The number of nitrogens with zero attached hydrogens (tertiary/aromatic N) is 2. The summed E-state index contributed by atoms with van der Waals surface area (Å²) < 4.78 is 15.0. The van der Waals surface area contributed by atoms with E-state index < -0.39 is 0 Å². The van der Waals surface area contributed by atoms with Gasteiger partial charge < -0.3 is 10.5 Å². The number of hydrogen-bond donors (Lipinski definition) is 0. The van der Waals surface area contributed by atoms with Crippen LogP contribution in [0.15, 0.2) is 23.8 Å². The van der Waals surface area contributed by atoms with Gasteiger partial charge in [0.1, 0.15) is 0 Å². The van der Waals surface area contributed by atoms with E-state index in [0.717, 1.165) is 5.57 Å². The molecule has 0 atom stereocenters. The van der Waals surface area contributed by atoms with E-state index in [0.29, 0.717) is 0 Å². The maximum atomic E-state index is 8.18. The molecule has 0 bridgehead atoms. The molecular formula is C8H4CrN2O3-. The Morgan fingerprint density at radius 1 is 1.21 bits per heavy atom.